The van der Waals surface area contributed by atoms with E-state index in [0.717, 1.165) is 17.2 Å². The third kappa shape index (κ3) is 5.54. The molecule has 0 unspecified atom stereocenters. The highest BCUT2D eigenvalue weighted by Crippen LogP contribution is 2.25. The molecular weight excluding hydrogens is 476 g/mol. The number of carbonyl (C=O) groups is 2. The average Bonchev–Trinajstić information content (AvgIpc) is 2.79. The van der Waals surface area contributed by atoms with Gasteiger partial charge in [0.05, 0.1) is 11.4 Å². The number of fused-ring (bicyclic) bond motifs is 1. The lowest BCUT2D eigenvalue weighted by atomic mass is 9.97. The first-order chi connectivity index (χ1) is 16.1. The second-order valence-electron chi connectivity index (χ2n) is 9.35. The maximum Gasteiger partial charge on any atom is 0.241 e. The van der Waals surface area contributed by atoms with E-state index < -0.39 is 16.1 Å². The Morgan fingerprint density at radius 2 is 1.74 bits per heavy atom. The van der Waals surface area contributed by atoms with E-state index in [9.17, 15) is 18.0 Å². The zero-order chi connectivity index (χ0) is 24.5. The van der Waals surface area contributed by atoms with E-state index in [-0.39, 0.29) is 22.8 Å². The highest BCUT2D eigenvalue weighted by molar-refractivity contribution is 7.89. The van der Waals surface area contributed by atoms with Crippen molar-refractivity contribution in [3.63, 3.8) is 0 Å². The van der Waals surface area contributed by atoms with Crippen molar-refractivity contribution in [3.05, 3.63) is 41.4 Å². The summed E-state index contributed by atoms with van der Waals surface area (Å²) in [5.41, 5.74) is 0. The fourth-order valence-electron chi connectivity index (χ4n) is 4.79. The molecule has 0 saturated carbocycles. The Kier molecular flexibility index (Phi) is 7.47. The van der Waals surface area contributed by atoms with Gasteiger partial charge in [-0.3, -0.25) is 9.59 Å². The summed E-state index contributed by atoms with van der Waals surface area (Å²) in [5.74, 6) is -0.0859. The van der Waals surface area contributed by atoms with Crippen LogP contribution in [-0.4, -0.2) is 87.3 Å². The minimum atomic E-state index is -3.87. The molecular formula is C24H31ClN4O4S. The second kappa shape index (κ2) is 10.2. The Morgan fingerprint density at radius 1 is 1.06 bits per heavy atom. The predicted molar refractivity (Wildman–Crippen MR) is 132 cm³/mol. The predicted octanol–water partition coefficient (Wildman–Crippen LogP) is 2.32. The van der Waals surface area contributed by atoms with Gasteiger partial charge in [-0.2, -0.15) is 4.72 Å². The molecule has 0 bridgehead atoms. The number of amides is 2. The van der Waals surface area contributed by atoms with E-state index in [4.69, 9.17) is 11.6 Å². The van der Waals surface area contributed by atoms with Crippen molar-refractivity contribution in [2.45, 2.75) is 42.7 Å². The number of nitrogens with one attached hydrogen (secondary N) is 1. The van der Waals surface area contributed by atoms with E-state index in [2.05, 4.69) is 4.72 Å². The summed E-state index contributed by atoms with van der Waals surface area (Å²) < 4.78 is 28.8. The molecule has 0 aromatic heterocycles. The van der Waals surface area contributed by atoms with Crippen LogP contribution in [0.15, 0.2) is 41.3 Å². The van der Waals surface area contributed by atoms with Gasteiger partial charge in [0, 0.05) is 30.7 Å². The molecule has 2 aromatic rings. The van der Waals surface area contributed by atoms with Crippen molar-refractivity contribution in [2.75, 3.05) is 40.3 Å². The molecule has 184 valence electrons. The van der Waals surface area contributed by atoms with Crippen molar-refractivity contribution in [3.8, 4) is 0 Å². The third-order valence-corrected chi connectivity index (χ3v) is 8.27. The van der Waals surface area contributed by atoms with Gasteiger partial charge >= 0.3 is 0 Å². The Labute approximate surface area is 205 Å². The second-order valence-corrected chi connectivity index (χ2v) is 11.5. The quantitative estimate of drug-likeness (QED) is 0.649. The van der Waals surface area contributed by atoms with Crippen LogP contribution in [0.1, 0.15) is 25.7 Å². The van der Waals surface area contributed by atoms with Crippen molar-refractivity contribution in [1.29, 1.82) is 0 Å². The number of hydrogen-bond donors (Lipinski definition) is 1. The summed E-state index contributed by atoms with van der Waals surface area (Å²) in [4.78, 5) is 31.2. The minimum absolute atomic E-state index is 0.0219. The summed E-state index contributed by atoms with van der Waals surface area (Å²) in [6.45, 7) is 2.21. The normalized spacial score (nSPS) is 20.4. The summed E-state index contributed by atoms with van der Waals surface area (Å²) in [6.07, 6.45) is 2.61. The molecule has 2 aliphatic heterocycles. The number of hydrogen-bond acceptors (Lipinski definition) is 5. The van der Waals surface area contributed by atoms with Crippen LogP contribution in [0.3, 0.4) is 0 Å². The first-order valence-electron chi connectivity index (χ1n) is 11.6. The van der Waals surface area contributed by atoms with Crippen molar-refractivity contribution >= 4 is 44.2 Å². The van der Waals surface area contributed by atoms with Gasteiger partial charge in [0.1, 0.15) is 6.04 Å². The van der Waals surface area contributed by atoms with Crippen LogP contribution in [0.4, 0.5) is 0 Å². The van der Waals surface area contributed by atoms with Crippen LogP contribution in [0, 0.1) is 0 Å². The molecule has 2 amide bonds. The molecule has 2 saturated heterocycles. The third-order valence-electron chi connectivity index (χ3n) is 6.56. The first kappa shape index (κ1) is 24.9. The molecule has 2 fully saturated rings. The zero-order valence-corrected chi connectivity index (χ0v) is 21.1. The smallest absolute Gasteiger partial charge is 0.241 e. The van der Waals surface area contributed by atoms with Crippen LogP contribution in [0.5, 0.6) is 0 Å². The van der Waals surface area contributed by atoms with E-state index in [1.807, 2.05) is 28.8 Å². The number of benzene rings is 2. The summed E-state index contributed by atoms with van der Waals surface area (Å²) in [5, 5.41) is 2.20. The SMILES string of the molecule is CN(C)CC(=O)N1CCC(N2CCC[C@H](NS(=O)(=O)c3ccc4cc(Cl)ccc4c3)C2=O)CC1. The Balaban J connectivity index is 1.41. The van der Waals surface area contributed by atoms with Crippen molar-refractivity contribution in [1.82, 2.24) is 19.4 Å². The van der Waals surface area contributed by atoms with E-state index >= 15 is 0 Å². The largest absolute Gasteiger partial charge is 0.341 e. The van der Waals surface area contributed by atoms with Gasteiger partial charge < -0.3 is 14.7 Å². The van der Waals surface area contributed by atoms with Gasteiger partial charge in [0.2, 0.25) is 21.8 Å². The number of halogens is 1. The first-order valence-corrected chi connectivity index (χ1v) is 13.4. The fourth-order valence-corrected chi connectivity index (χ4v) is 6.23. The van der Waals surface area contributed by atoms with Gasteiger partial charge in [-0.25, -0.2) is 8.42 Å². The number of piperidine rings is 2. The maximum atomic E-state index is 13.2. The standard InChI is InChI=1S/C24H31ClN4O4S/c1-27(2)16-23(30)28-12-9-20(10-13-28)29-11-3-4-22(24(29)31)26-34(32,33)21-8-6-17-14-19(25)7-5-18(17)15-21/h5-8,14-15,20,22,26H,3-4,9-13,16H2,1-2H3/t22-/m0/s1. The van der Waals surface area contributed by atoms with E-state index in [1.165, 1.54) is 6.07 Å². The van der Waals surface area contributed by atoms with Crippen LogP contribution < -0.4 is 4.72 Å². The molecule has 1 N–H and O–H groups in total. The van der Waals surface area contributed by atoms with Gasteiger partial charge in [-0.15, -0.1) is 0 Å². The number of carbonyl (C=O) groups excluding carboxylic acids is 2. The van der Waals surface area contributed by atoms with Gasteiger partial charge in [-0.1, -0.05) is 23.7 Å². The van der Waals surface area contributed by atoms with Gasteiger partial charge in [-0.05, 0) is 74.8 Å². The summed E-state index contributed by atoms with van der Waals surface area (Å²) in [6, 6.07) is 9.36. The van der Waals surface area contributed by atoms with Crippen LogP contribution in [-0.2, 0) is 19.6 Å². The topological polar surface area (TPSA) is 90.0 Å². The molecule has 4 rings (SSSR count). The Hall–Kier alpha value is -2.20. The van der Waals surface area contributed by atoms with E-state index in [0.29, 0.717) is 50.5 Å². The molecule has 0 radical (unpaired) electrons. The molecule has 10 heteroatoms. The number of likely N-dealkylation sites (tertiary alicyclic amines) is 2. The lowest BCUT2D eigenvalue weighted by molar-refractivity contribution is -0.140. The zero-order valence-electron chi connectivity index (χ0n) is 19.5. The molecule has 2 aliphatic rings. The highest BCUT2D eigenvalue weighted by atomic mass is 35.5. The van der Waals surface area contributed by atoms with Gasteiger partial charge in [0.15, 0.2) is 0 Å². The molecule has 2 aromatic carbocycles. The fraction of sp³-hybridized carbons (Fsp3) is 0.500. The van der Waals surface area contributed by atoms with Gasteiger partial charge in [0.25, 0.3) is 0 Å². The molecule has 34 heavy (non-hydrogen) atoms. The molecule has 1 atom stereocenters. The highest BCUT2D eigenvalue weighted by Gasteiger charge is 2.37. The van der Waals surface area contributed by atoms with Crippen LogP contribution in [0.25, 0.3) is 10.8 Å². The molecule has 8 nitrogen and oxygen atoms in total. The number of nitrogens with zero attached hydrogens (tertiary/aromatic N) is 3. The van der Waals surface area contributed by atoms with Crippen molar-refractivity contribution < 1.29 is 18.0 Å². The Bertz CT molecular complexity index is 1180. The van der Waals surface area contributed by atoms with Crippen LogP contribution >= 0.6 is 11.6 Å². The monoisotopic (exact) mass is 506 g/mol. The number of likely N-dealkylation sites (N-methyl/N-ethyl adjacent to an activating group) is 1. The summed E-state index contributed by atoms with van der Waals surface area (Å²) in [7, 11) is -0.134. The lowest BCUT2D eigenvalue weighted by Crippen LogP contribution is -2.57. The average molecular weight is 507 g/mol. The molecule has 2 heterocycles. The minimum Gasteiger partial charge on any atom is -0.341 e. The Morgan fingerprint density at radius 3 is 2.44 bits per heavy atom. The molecule has 0 aliphatic carbocycles. The maximum absolute atomic E-state index is 13.2. The lowest BCUT2D eigenvalue weighted by Gasteiger charge is -2.42. The number of sulfonamides is 1. The van der Waals surface area contributed by atoms with Crippen molar-refractivity contribution in [2.24, 2.45) is 0 Å². The number of rotatable bonds is 6. The summed E-state index contributed by atoms with van der Waals surface area (Å²) >= 11 is 6.02. The van der Waals surface area contributed by atoms with Crippen LogP contribution in [0.2, 0.25) is 5.02 Å². The molecule has 0 spiro atoms. The van der Waals surface area contributed by atoms with E-state index in [1.54, 1.807) is 30.3 Å².